The fraction of sp³-hybridized carbons (Fsp3) is 0.771. The molecule has 54 nitrogen and oxygen atoms in total. The predicted molar refractivity (Wildman–Crippen MR) is 570 cm³/mol. The van der Waals surface area contributed by atoms with Crippen molar-refractivity contribution in [2.24, 2.45) is 0 Å². The maximum absolute atomic E-state index is 14.6. The molecule has 0 aromatic rings. The topological polar surface area (TPSA) is 717 Å². The zero-order valence-corrected chi connectivity index (χ0v) is 90.4. The number of rotatable bonds is 97. The smallest absolute Gasteiger partial charge is 0.328 e. The Kier molecular flexibility index (Phi) is 78.7. The first kappa shape index (κ1) is 136. The molecule has 2 heterocycles. The van der Waals surface area contributed by atoms with Crippen molar-refractivity contribution < 1.29 is 95.8 Å². The van der Waals surface area contributed by atoms with Gasteiger partial charge in [-0.15, -0.1) is 0 Å². The van der Waals surface area contributed by atoms with Gasteiger partial charge in [-0.05, 0) is 121 Å². The van der Waals surface area contributed by atoms with E-state index in [1.807, 2.05) is 14.1 Å². The lowest BCUT2D eigenvalue weighted by molar-refractivity contribution is -0.158. The van der Waals surface area contributed by atoms with Crippen molar-refractivity contribution in [3.05, 3.63) is 24.3 Å². The van der Waals surface area contributed by atoms with E-state index in [9.17, 15) is 86.3 Å². The van der Waals surface area contributed by atoms with E-state index in [4.69, 9.17) is 9.47 Å². The van der Waals surface area contributed by atoms with Gasteiger partial charge in [-0.3, -0.25) is 86.5 Å². The molecule has 0 aromatic heterocycles. The normalized spacial score (nSPS) is 13.6. The van der Waals surface area contributed by atoms with Crippen LogP contribution in [0.1, 0.15) is 120 Å². The SMILES string of the molecule is CNCCNCCNCCNCCNCCNCCNCCNCCNCCNCC(=O)NCCCC[C@H](NC(=O)CCCNC(=O)[C@H]([C@@H](C(=O)NCCCC(=O)N[C@@H](CCCCNC(=O)CNCCNCCNCCNCCNCCNCCNCCNCCNCCNC)C(=O)NCC(=O)NCC(=O)N[C@@H](C)C(=O)OC(C)(C)C)N1C(=O)C=CC1=O)N1C(=O)C=CC1=O)C(=O)NCC(=O)NCC(=O)N[C@@H](C)C(=O)OC(C)(C)C. The number of ether oxygens (including phenoxy) is 2. The van der Waals surface area contributed by atoms with Crippen LogP contribution in [0.4, 0.5) is 0 Å². The molecule has 2 rings (SSSR count). The molecule has 54 heteroatoms. The molecule has 0 spiro atoms. The molecule has 0 aromatic carbocycles. The van der Waals surface area contributed by atoms with Crippen molar-refractivity contribution in [3.63, 3.8) is 0 Å². The molecule has 0 aliphatic carbocycles. The molecule has 32 N–H and O–H groups in total. The van der Waals surface area contributed by atoms with Crippen LogP contribution >= 0.6 is 0 Å². The Morgan fingerprint density at radius 2 is 0.460 bits per heavy atom. The molecule has 0 saturated heterocycles. The van der Waals surface area contributed by atoms with Crippen LogP contribution in [0.5, 0.6) is 0 Å². The Hall–Kier alpha value is -10.5. The van der Waals surface area contributed by atoms with Gasteiger partial charge in [0.15, 0.2) is 0 Å². The van der Waals surface area contributed by atoms with Gasteiger partial charge in [-0.2, -0.15) is 0 Å². The summed E-state index contributed by atoms with van der Waals surface area (Å²) in [5.41, 5.74) is -1.67. The van der Waals surface area contributed by atoms with Crippen LogP contribution in [0.15, 0.2) is 24.3 Å². The minimum Gasteiger partial charge on any atom is -0.458 e. The van der Waals surface area contributed by atoms with Crippen LogP contribution in [0.25, 0.3) is 0 Å². The zero-order valence-electron chi connectivity index (χ0n) is 90.4. The first-order valence-corrected chi connectivity index (χ1v) is 53.0. The second-order valence-electron chi connectivity index (χ2n) is 37.6. The number of carbonyl (C=O) groups excluding carboxylic acids is 18. The molecular weight excluding hydrogens is 1950 g/mol. The summed E-state index contributed by atoms with van der Waals surface area (Å²) >= 11 is 0. The number of unbranched alkanes of at least 4 members (excludes halogenated alkanes) is 2. The summed E-state index contributed by atoms with van der Waals surface area (Å²) in [4.78, 5) is 241. The van der Waals surface area contributed by atoms with Gasteiger partial charge in [0.25, 0.3) is 23.6 Å². The van der Waals surface area contributed by atoms with Crippen LogP contribution in [0.3, 0.4) is 0 Å². The highest BCUT2D eigenvalue weighted by atomic mass is 16.6. The summed E-state index contributed by atoms with van der Waals surface area (Å²) in [5.74, 6) is -15.2. The van der Waals surface area contributed by atoms with E-state index in [1.54, 1.807) is 41.5 Å². The average Bonchev–Trinajstić information content (AvgIpc) is 1.60. The van der Waals surface area contributed by atoms with Gasteiger partial charge >= 0.3 is 11.9 Å². The first-order chi connectivity index (χ1) is 72.1. The molecule has 2 aliphatic rings. The highest BCUT2D eigenvalue weighted by Crippen LogP contribution is 2.22. The van der Waals surface area contributed by atoms with Gasteiger partial charge in [-0.1, -0.05) is 0 Å². The van der Waals surface area contributed by atoms with Crippen LogP contribution in [-0.4, -0.2) is 479 Å². The van der Waals surface area contributed by atoms with E-state index in [0.717, 1.165) is 234 Å². The number of carbonyl (C=O) groups is 18. The van der Waals surface area contributed by atoms with Crippen molar-refractivity contribution >= 4 is 106 Å². The third-order valence-electron chi connectivity index (χ3n) is 22.0. The number of amides is 16. The van der Waals surface area contributed by atoms with E-state index in [-0.39, 0.29) is 76.5 Å². The summed E-state index contributed by atoms with van der Waals surface area (Å²) in [5, 5.41) is 97.0. The fourth-order valence-electron chi connectivity index (χ4n) is 14.1. The standard InChI is InChI=1S/C96H184N34O20/c1-71(93(147)149-95(3,4)5)125-81(137)69-121-79(135)67-123-89(143)73(17-11-13-25-117-77(133)65-115-63-61-113-59-57-111-55-53-109-51-49-107-47-45-105-43-41-103-39-37-101-35-33-99-31-29-97-9)127-75(131)19-15-27-119-91(145)87(129-83(139)21-22-84(129)140)88(130-85(141)23-24-86(130)142)92(146)120-28-16-20-76(132)128-74(90(144)124-68-80(136)122-70-82(138)126-72(2)94(148)150-96(6,7)8)18-12-14-26-118-78(134)66-116-64-62-114-60-58-112-56-54-110-52-50-108-48-46-106-44-42-104-40-38-102-36-34-100-32-30-98-10/h21-24,71-74,87-88,97-116H,11-20,25-70H2,1-10H3,(H,117,133)(H,118,134)(H,119,145)(H,120,146)(H,121,135)(H,122,136)(H,123,143)(H,124,144)(H,125,137)(H,126,138)(H,127,131)(H,128,132)/t71-,72-,73-,74-,87-,88-/m0/s1. The van der Waals surface area contributed by atoms with Gasteiger partial charge < -0.3 is 180 Å². The zero-order chi connectivity index (χ0) is 110. The fourth-order valence-corrected chi connectivity index (χ4v) is 14.1. The van der Waals surface area contributed by atoms with Crippen molar-refractivity contribution in [1.82, 2.24) is 180 Å². The minimum atomic E-state index is -2.25. The van der Waals surface area contributed by atoms with E-state index in [1.165, 1.54) is 13.8 Å². The van der Waals surface area contributed by atoms with Crippen molar-refractivity contribution in [2.45, 2.75) is 167 Å². The van der Waals surface area contributed by atoms with E-state index >= 15 is 0 Å². The molecule has 0 radical (unpaired) electrons. The first-order valence-electron chi connectivity index (χ1n) is 53.0. The monoisotopic (exact) mass is 2130 g/mol. The van der Waals surface area contributed by atoms with E-state index in [2.05, 4.69) is 170 Å². The quantitative estimate of drug-likeness (QED) is 0.0153. The molecule has 2 aliphatic heterocycles. The molecule has 0 bridgehead atoms. The molecule has 16 amide bonds. The van der Waals surface area contributed by atoms with Gasteiger partial charge in [-0.25, -0.2) is 9.59 Å². The van der Waals surface area contributed by atoms with Gasteiger partial charge in [0.2, 0.25) is 70.9 Å². The van der Waals surface area contributed by atoms with Crippen LogP contribution in [0, 0.1) is 0 Å². The Morgan fingerprint density at radius 1 is 0.240 bits per heavy atom. The van der Waals surface area contributed by atoms with Crippen molar-refractivity contribution in [2.75, 3.05) is 315 Å². The minimum absolute atomic E-state index is 0.0175. The number of likely N-dealkylation sites (N-methyl/N-ethyl adjacent to an activating group) is 2. The lowest BCUT2D eigenvalue weighted by Crippen LogP contribution is -2.66. The lowest BCUT2D eigenvalue weighted by atomic mass is 10.0. The van der Waals surface area contributed by atoms with Crippen LogP contribution < -0.4 is 170 Å². The third-order valence-corrected chi connectivity index (χ3v) is 22.0. The predicted octanol–water partition coefficient (Wildman–Crippen LogP) is -13.9. The number of hydrogen-bond donors (Lipinski definition) is 32. The Labute approximate surface area is 884 Å². The Balaban J connectivity index is 2.01. The Bertz CT molecular complexity index is 3680. The summed E-state index contributed by atoms with van der Waals surface area (Å²) in [6.07, 6.45) is 3.08. The van der Waals surface area contributed by atoms with Crippen molar-refractivity contribution in [3.8, 4) is 0 Å². The molecule has 150 heavy (non-hydrogen) atoms. The summed E-state index contributed by atoms with van der Waals surface area (Å²) in [7, 11) is 3.89. The largest absolute Gasteiger partial charge is 0.458 e. The van der Waals surface area contributed by atoms with Crippen LogP contribution in [-0.2, 0) is 95.8 Å². The molecular formula is C96H184N34O20. The molecule has 6 atom stereocenters. The van der Waals surface area contributed by atoms with Gasteiger partial charge in [0.05, 0.1) is 39.3 Å². The second kappa shape index (κ2) is 87.0. The molecule has 0 saturated carbocycles. The molecule has 0 fully saturated rings. The number of imide groups is 2. The summed E-state index contributed by atoms with van der Waals surface area (Å²) in [6.45, 7) is 40.3. The number of nitrogens with one attached hydrogen (secondary N) is 32. The highest BCUT2D eigenvalue weighted by molar-refractivity contribution is 6.19. The highest BCUT2D eigenvalue weighted by Gasteiger charge is 2.50. The number of hydrogen-bond acceptors (Lipinski definition) is 40. The maximum Gasteiger partial charge on any atom is 0.328 e. The number of nitrogens with zero attached hydrogens (tertiary/aromatic N) is 2. The van der Waals surface area contributed by atoms with E-state index in [0.29, 0.717) is 48.8 Å². The molecule has 0 unspecified atom stereocenters. The van der Waals surface area contributed by atoms with E-state index < -0.39 is 194 Å². The summed E-state index contributed by atoms with van der Waals surface area (Å²) in [6, 6.07) is -9.22. The number of esters is 2. The maximum atomic E-state index is 14.6. The Morgan fingerprint density at radius 3 is 0.700 bits per heavy atom. The molecule has 858 valence electrons. The second-order valence-corrected chi connectivity index (χ2v) is 37.6. The third kappa shape index (κ3) is 72.9. The van der Waals surface area contributed by atoms with Crippen LogP contribution in [0.2, 0.25) is 0 Å². The van der Waals surface area contributed by atoms with Crippen molar-refractivity contribution in [1.29, 1.82) is 0 Å². The van der Waals surface area contributed by atoms with Gasteiger partial charge in [0.1, 0.15) is 47.5 Å². The lowest BCUT2D eigenvalue weighted by Gasteiger charge is -2.35. The average molecular weight is 2130 g/mol. The van der Waals surface area contributed by atoms with Gasteiger partial charge in [0, 0.05) is 299 Å². The summed E-state index contributed by atoms with van der Waals surface area (Å²) < 4.78 is 10.6.